The predicted octanol–water partition coefficient (Wildman–Crippen LogP) is 14.0. The fraction of sp³-hybridized carbons (Fsp3) is 0.985. The van der Waals surface area contributed by atoms with Gasteiger partial charge in [0.25, 0.3) is 0 Å². The number of nitrogens with one attached hydrogen (secondary N) is 1. The van der Waals surface area contributed by atoms with E-state index in [0.717, 1.165) is 89.6 Å². The van der Waals surface area contributed by atoms with Crippen molar-refractivity contribution >= 4 is 0 Å². The quantitative estimate of drug-likeness (QED) is 0.284. The molecule has 5 saturated heterocycles. The molecule has 0 aromatic rings. The molecule has 7 nitrogen and oxygen atoms in total. The normalized spacial score (nSPS) is 55.3. The highest BCUT2D eigenvalue weighted by Crippen LogP contribution is 2.63. The summed E-state index contributed by atoms with van der Waals surface area (Å²) in [6.45, 7) is 0. The zero-order valence-corrected chi connectivity index (χ0v) is 47.5. The first-order valence-corrected chi connectivity index (χ1v) is 35.1. The van der Waals surface area contributed by atoms with E-state index in [9.17, 15) is 5.26 Å². The lowest BCUT2D eigenvalue weighted by atomic mass is 9.56. The van der Waals surface area contributed by atoms with Crippen molar-refractivity contribution in [3.8, 4) is 6.07 Å². The van der Waals surface area contributed by atoms with Crippen molar-refractivity contribution in [1.29, 1.82) is 5.26 Å². The molecule has 16 fully saturated rings. The van der Waals surface area contributed by atoms with Crippen molar-refractivity contribution < 1.29 is 4.74 Å². The molecule has 11 saturated carbocycles. The molecular formula is C68H108N6O. The number of likely N-dealkylation sites (tertiary alicyclic amines) is 4. The van der Waals surface area contributed by atoms with Crippen LogP contribution in [-0.4, -0.2) is 110 Å². The molecule has 0 spiro atoms. The van der Waals surface area contributed by atoms with Crippen molar-refractivity contribution in [1.82, 2.24) is 24.9 Å². The first kappa shape index (κ1) is 50.0. The Hall–Kier alpha value is -0.750. The average Bonchev–Trinajstić information content (AvgIpc) is 4.42. The molecule has 25 unspecified atom stereocenters. The van der Waals surface area contributed by atoms with Crippen molar-refractivity contribution in [2.75, 3.05) is 0 Å². The van der Waals surface area contributed by atoms with Crippen LogP contribution in [0.1, 0.15) is 257 Å². The monoisotopic (exact) mass is 1020 g/mol. The van der Waals surface area contributed by atoms with E-state index >= 15 is 0 Å². The summed E-state index contributed by atoms with van der Waals surface area (Å²) in [4.78, 5) is 13.8. The maximum absolute atomic E-state index is 13.0. The largest absolute Gasteiger partial charge is 0.358 e. The Labute approximate surface area is 457 Å². The molecule has 7 heteroatoms. The Morgan fingerprint density at radius 1 is 0.320 bits per heavy atom. The average molecular weight is 1030 g/mol. The highest BCUT2D eigenvalue weighted by Gasteiger charge is 2.70. The molecule has 1 N–H and O–H groups in total. The highest BCUT2D eigenvalue weighted by molar-refractivity contribution is 5.24. The number of nitriles is 1. The lowest BCUT2D eigenvalue weighted by Gasteiger charge is -2.64. The number of nitrogens with zero attached hydrogens (tertiary/aromatic N) is 5. The van der Waals surface area contributed by atoms with Crippen LogP contribution in [0, 0.1) is 82.3 Å². The lowest BCUT2D eigenvalue weighted by molar-refractivity contribution is -0.172. The molecule has 0 aromatic heterocycles. The molecule has 0 amide bonds. The Kier molecular flexibility index (Phi) is 13.9. The van der Waals surface area contributed by atoms with Gasteiger partial charge < -0.3 is 4.74 Å². The molecular weight excluding hydrogens is 917 g/mol. The third-order valence-electron chi connectivity index (χ3n) is 28.5. The number of fused-ring (bicyclic) bond motifs is 13. The van der Waals surface area contributed by atoms with Gasteiger partial charge in [0.05, 0.1) is 18.1 Å². The fourth-order valence-electron chi connectivity index (χ4n) is 26.4. The van der Waals surface area contributed by atoms with Gasteiger partial charge in [0.15, 0.2) is 0 Å². The summed E-state index contributed by atoms with van der Waals surface area (Å²) in [5.74, 6) is 8.80. The molecule has 75 heavy (non-hydrogen) atoms. The second-order valence-corrected chi connectivity index (χ2v) is 30.9. The van der Waals surface area contributed by atoms with Crippen LogP contribution < -0.4 is 5.32 Å². The van der Waals surface area contributed by atoms with Gasteiger partial charge >= 0.3 is 0 Å². The first-order chi connectivity index (χ1) is 37.2. The van der Waals surface area contributed by atoms with Crippen LogP contribution in [-0.2, 0) is 4.74 Å². The molecule has 5 aliphatic heterocycles. The van der Waals surface area contributed by atoms with Gasteiger partial charge in [-0.1, -0.05) is 116 Å². The van der Waals surface area contributed by atoms with Gasteiger partial charge in [-0.15, -0.1) is 0 Å². The van der Waals surface area contributed by atoms with Crippen LogP contribution in [0.2, 0.25) is 0 Å². The van der Waals surface area contributed by atoms with Crippen LogP contribution >= 0.6 is 0 Å². The lowest BCUT2D eigenvalue weighted by Crippen LogP contribution is -2.76. The molecule has 416 valence electrons. The zero-order valence-electron chi connectivity index (χ0n) is 47.5. The van der Waals surface area contributed by atoms with E-state index in [0.29, 0.717) is 60.1 Å². The standard InChI is InChI=1S/C68H108N6O/c69-41-52-63(42-37-39-43(40-38-42)71-54-28-10-1-19-44(54)45-20-2-11-29-55(45)71)66(73-58-32-14-5-23-48(58)49-24-6-15-33-59(49)73)67(74-60-34-16-7-25-50(60)51-26-8-17-35-61(51)74)64(68-70-53-27-9-18-36-62(53)75-68)65(52)72-56-30-12-3-21-46(56)47-22-4-13-31-57(47)72/h42-68,70H,1-40H2. The second kappa shape index (κ2) is 20.9. The van der Waals surface area contributed by atoms with E-state index in [-0.39, 0.29) is 12.1 Å². The van der Waals surface area contributed by atoms with Crippen LogP contribution in [0.5, 0.6) is 0 Å². The third-order valence-corrected chi connectivity index (χ3v) is 28.5. The number of hydrogen-bond acceptors (Lipinski definition) is 7. The summed E-state index contributed by atoms with van der Waals surface area (Å²) in [6.07, 6.45) is 58.0. The van der Waals surface area contributed by atoms with Crippen LogP contribution in [0.15, 0.2) is 0 Å². The summed E-state index contributed by atoms with van der Waals surface area (Å²) >= 11 is 0. The summed E-state index contributed by atoms with van der Waals surface area (Å²) in [6, 6.07) is 12.3. The van der Waals surface area contributed by atoms with Crippen molar-refractivity contribution in [3.05, 3.63) is 0 Å². The molecule has 16 rings (SSSR count). The second-order valence-electron chi connectivity index (χ2n) is 30.9. The molecule has 0 aromatic carbocycles. The van der Waals surface area contributed by atoms with Gasteiger partial charge in [0.2, 0.25) is 0 Å². The van der Waals surface area contributed by atoms with E-state index < -0.39 is 0 Å². The van der Waals surface area contributed by atoms with Gasteiger partial charge in [-0.25, -0.2) is 0 Å². The molecule has 0 bridgehead atoms. The molecule has 25 atom stereocenters. The molecule has 0 radical (unpaired) electrons. The number of hydrogen-bond donors (Lipinski definition) is 1. The van der Waals surface area contributed by atoms with Crippen molar-refractivity contribution in [2.45, 2.75) is 348 Å². The maximum Gasteiger partial charge on any atom is 0.114 e. The fourth-order valence-corrected chi connectivity index (χ4v) is 26.4. The van der Waals surface area contributed by atoms with Gasteiger partial charge in [0, 0.05) is 84.5 Å². The minimum Gasteiger partial charge on any atom is -0.358 e. The number of ether oxygens (including phenoxy) is 1. The van der Waals surface area contributed by atoms with Gasteiger partial charge in [-0.05, 0) is 200 Å². The van der Waals surface area contributed by atoms with Crippen LogP contribution in [0.25, 0.3) is 0 Å². The Morgan fingerprint density at radius 2 is 0.640 bits per heavy atom. The SMILES string of the molecule is N#CC1C(C2CCC(N3C4CCCCC4C4CCCCC43)CC2)C(N2C3CCCCC3C3CCCCC32)C(N2C3CCCCC3C3CCCCC32)C(C2NC3CCCCC3O2)C1N1C2CCCCC2C2CCCCC21. The maximum atomic E-state index is 13.0. The first-order valence-electron chi connectivity index (χ1n) is 35.1. The molecule has 16 aliphatic rings. The van der Waals surface area contributed by atoms with E-state index in [1.54, 1.807) is 0 Å². The molecule has 5 heterocycles. The predicted molar refractivity (Wildman–Crippen MR) is 301 cm³/mol. The summed E-state index contributed by atoms with van der Waals surface area (Å²) < 4.78 is 7.99. The minimum absolute atomic E-state index is 0.0754. The van der Waals surface area contributed by atoms with Crippen LogP contribution in [0.4, 0.5) is 0 Å². The van der Waals surface area contributed by atoms with Crippen LogP contribution in [0.3, 0.4) is 0 Å². The number of rotatable bonds is 6. The summed E-state index contributed by atoms with van der Waals surface area (Å²) in [5.41, 5.74) is 0. The van der Waals surface area contributed by atoms with E-state index in [2.05, 4.69) is 31.0 Å². The van der Waals surface area contributed by atoms with Crippen molar-refractivity contribution in [3.63, 3.8) is 0 Å². The summed E-state index contributed by atoms with van der Waals surface area (Å²) in [5, 5.41) is 17.6. The van der Waals surface area contributed by atoms with E-state index in [1.165, 1.54) is 257 Å². The summed E-state index contributed by atoms with van der Waals surface area (Å²) in [7, 11) is 0. The Morgan fingerprint density at radius 3 is 1.01 bits per heavy atom. The topological polar surface area (TPSA) is 58.0 Å². The third kappa shape index (κ3) is 8.10. The zero-order chi connectivity index (χ0) is 49.3. The smallest absolute Gasteiger partial charge is 0.114 e. The van der Waals surface area contributed by atoms with E-state index in [1.807, 2.05) is 0 Å². The van der Waals surface area contributed by atoms with E-state index in [4.69, 9.17) is 4.74 Å². The van der Waals surface area contributed by atoms with Gasteiger partial charge in [-0.3, -0.25) is 24.9 Å². The Balaban J connectivity index is 0.877. The van der Waals surface area contributed by atoms with Gasteiger partial charge in [-0.2, -0.15) is 5.26 Å². The Bertz CT molecular complexity index is 1930. The minimum atomic E-state index is 0.0754. The highest BCUT2D eigenvalue weighted by atomic mass is 16.5. The van der Waals surface area contributed by atoms with Gasteiger partial charge in [0.1, 0.15) is 6.23 Å². The molecule has 11 aliphatic carbocycles. The van der Waals surface area contributed by atoms with Crippen molar-refractivity contribution in [2.24, 2.45) is 71.0 Å².